The summed E-state index contributed by atoms with van der Waals surface area (Å²) in [5.74, 6) is 1.08. The van der Waals surface area contributed by atoms with Crippen LogP contribution in [0.25, 0.3) is 0 Å². The molecule has 0 heterocycles. The number of primary amides is 1. The maximum absolute atomic E-state index is 12.0. The van der Waals surface area contributed by atoms with Gasteiger partial charge in [0.2, 0.25) is 0 Å². The molecule has 2 amide bonds. The van der Waals surface area contributed by atoms with Crippen molar-refractivity contribution in [1.82, 2.24) is 4.90 Å². The van der Waals surface area contributed by atoms with Crippen LogP contribution >= 0.6 is 0 Å². The molecule has 0 aromatic heterocycles. The second kappa shape index (κ2) is 12.0. The van der Waals surface area contributed by atoms with Gasteiger partial charge in [-0.1, -0.05) is 30.3 Å². The molecule has 0 saturated carbocycles. The monoisotopic (exact) mass is 416 g/mol. The lowest BCUT2D eigenvalue weighted by Crippen LogP contribution is -2.37. The Morgan fingerprint density at radius 3 is 2.17 bits per heavy atom. The fraction of sp³-hybridized carbons (Fsp3) is 0.435. The van der Waals surface area contributed by atoms with E-state index in [0.29, 0.717) is 50.0 Å². The molecule has 2 aromatic rings. The minimum Gasteiger partial charge on any atom is -0.493 e. The first-order valence-corrected chi connectivity index (χ1v) is 10.2. The number of rotatable bonds is 12. The molecule has 1 unspecified atom stereocenters. The second-order valence-electron chi connectivity index (χ2n) is 6.85. The molecular weight excluding hydrogens is 384 g/mol. The number of aliphatic hydroxyl groups excluding tert-OH is 1. The van der Waals surface area contributed by atoms with E-state index in [1.807, 2.05) is 56.3 Å². The Hall–Kier alpha value is -2.77. The van der Waals surface area contributed by atoms with E-state index >= 15 is 0 Å². The Morgan fingerprint density at radius 1 is 1.07 bits per heavy atom. The van der Waals surface area contributed by atoms with E-state index in [1.54, 1.807) is 6.92 Å². The molecule has 0 fully saturated rings. The summed E-state index contributed by atoms with van der Waals surface area (Å²) in [5.41, 5.74) is 8.04. The van der Waals surface area contributed by atoms with Crippen molar-refractivity contribution >= 4 is 6.03 Å². The fourth-order valence-electron chi connectivity index (χ4n) is 3.13. The lowest BCUT2D eigenvalue weighted by molar-refractivity contribution is 0.0986. The van der Waals surface area contributed by atoms with Crippen molar-refractivity contribution < 1.29 is 24.1 Å². The highest BCUT2D eigenvalue weighted by Gasteiger charge is 2.19. The quantitative estimate of drug-likeness (QED) is 0.515. The third-order valence-electron chi connectivity index (χ3n) is 4.48. The summed E-state index contributed by atoms with van der Waals surface area (Å²) in [6, 6.07) is 12.9. The molecular formula is C23H32N2O5. The van der Waals surface area contributed by atoms with Crippen LogP contribution in [0.4, 0.5) is 4.79 Å². The Morgan fingerprint density at radius 2 is 1.67 bits per heavy atom. The minimum atomic E-state index is -0.749. The molecule has 2 aromatic carbocycles. The van der Waals surface area contributed by atoms with Crippen LogP contribution in [-0.4, -0.2) is 42.4 Å². The smallest absolute Gasteiger partial charge is 0.315 e. The van der Waals surface area contributed by atoms with Gasteiger partial charge in [-0.05, 0) is 44.0 Å². The summed E-state index contributed by atoms with van der Waals surface area (Å²) in [6.45, 7) is 7.78. The predicted molar refractivity (Wildman–Crippen MR) is 116 cm³/mol. The number of hydrogen-bond acceptors (Lipinski definition) is 5. The summed E-state index contributed by atoms with van der Waals surface area (Å²) >= 11 is 0. The van der Waals surface area contributed by atoms with Crippen LogP contribution in [0.15, 0.2) is 42.5 Å². The number of amides is 2. The zero-order chi connectivity index (χ0) is 21.9. The van der Waals surface area contributed by atoms with Crippen molar-refractivity contribution in [3.8, 4) is 11.5 Å². The van der Waals surface area contributed by atoms with Gasteiger partial charge in [0.25, 0.3) is 0 Å². The average molecular weight is 417 g/mol. The molecule has 0 bridgehead atoms. The Bertz CT molecular complexity index is 768. The molecule has 0 aliphatic carbocycles. The molecule has 3 N–H and O–H groups in total. The van der Waals surface area contributed by atoms with Crippen molar-refractivity contribution in [3.05, 3.63) is 59.2 Å². The first-order chi connectivity index (χ1) is 14.5. The largest absolute Gasteiger partial charge is 0.493 e. The van der Waals surface area contributed by atoms with Crippen LogP contribution in [0.1, 0.15) is 43.6 Å². The number of ether oxygens (including phenoxy) is 3. The third-order valence-corrected chi connectivity index (χ3v) is 4.48. The van der Waals surface area contributed by atoms with Crippen molar-refractivity contribution in [2.45, 2.75) is 40.0 Å². The number of carbonyl (C=O) groups excluding carboxylic acids is 1. The molecule has 0 radical (unpaired) electrons. The van der Waals surface area contributed by atoms with E-state index < -0.39 is 12.1 Å². The summed E-state index contributed by atoms with van der Waals surface area (Å²) in [6.07, 6.45) is -0.749. The maximum atomic E-state index is 12.0. The third kappa shape index (κ3) is 6.93. The van der Waals surface area contributed by atoms with Gasteiger partial charge in [0.05, 0.1) is 38.1 Å². The second-order valence-corrected chi connectivity index (χ2v) is 6.85. The SMILES string of the molecule is CCOc1cc(CN(CCOCc2ccccc2)C(N)=O)cc(OCC)c1C(C)O. The van der Waals surface area contributed by atoms with E-state index in [-0.39, 0.29) is 6.54 Å². The highest BCUT2D eigenvalue weighted by molar-refractivity contribution is 5.72. The number of hydrogen-bond donors (Lipinski definition) is 2. The minimum absolute atomic E-state index is 0.282. The van der Waals surface area contributed by atoms with Crippen LogP contribution in [0.3, 0.4) is 0 Å². The van der Waals surface area contributed by atoms with Gasteiger partial charge in [0.1, 0.15) is 11.5 Å². The number of aliphatic hydroxyl groups is 1. The van der Waals surface area contributed by atoms with Gasteiger partial charge in [0.15, 0.2) is 0 Å². The highest BCUT2D eigenvalue weighted by Crippen LogP contribution is 2.36. The summed E-state index contributed by atoms with van der Waals surface area (Å²) in [7, 11) is 0. The van der Waals surface area contributed by atoms with Gasteiger partial charge in [0, 0.05) is 13.1 Å². The molecule has 2 rings (SSSR count). The van der Waals surface area contributed by atoms with Crippen molar-refractivity contribution in [3.63, 3.8) is 0 Å². The first kappa shape index (κ1) is 23.5. The zero-order valence-corrected chi connectivity index (χ0v) is 18.0. The van der Waals surface area contributed by atoms with E-state index in [9.17, 15) is 9.90 Å². The van der Waals surface area contributed by atoms with Crippen molar-refractivity contribution in [2.24, 2.45) is 5.73 Å². The number of carbonyl (C=O) groups is 1. The molecule has 0 saturated heterocycles. The number of urea groups is 1. The lowest BCUT2D eigenvalue weighted by atomic mass is 10.0. The lowest BCUT2D eigenvalue weighted by Gasteiger charge is -2.23. The van der Waals surface area contributed by atoms with Crippen LogP contribution < -0.4 is 15.2 Å². The highest BCUT2D eigenvalue weighted by atomic mass is 16.5. The molecule has 164 valence electrons. The molecule has 30 heavy (non-hydrogen) atoms. The van der Waals surface area contributed by atoms with Crippen molar-refractivity contribution in [2.75, 3.05) is 26.4 Å². The first-order valence-electron chi connectivity index (χ1n) is 10.2. The maximum Gasteiger partial charge on any atom is 0.315 e. The van der Waals surface area contributed by atoms with Gasteiger partial charge in [-0.2, -0.15) is 0 Å². The predicted octanol–water partition coefficient (Wildman–Crippen LogP) is 3.63. The molecule has 7 heteroatoms. The molecule has 0 spiro atoms. The van der Waals surface area contributed by atoms with E-state index in [1.165, 1.54) is 4.90 Å². The Kier molecular flexibility index (Phi) is 9.44. The van der Waals surface area contributed by atoms with E-state index in [0.717, 1.165) is 11.1 Å². The van der Waals surface area contributed by atoms with Gasteiger partial charge in [-0.25, -0.2) is 4.79 Å². The number of nitrogens with zero attached hydrogens (tertiary/aromatic N) is 1. The number of benzene rings is 2. The standard InChI is InChI=1S/C23H32N2O5/c1-4-29-20-13-19(14-21(30-5-2)22(20)17(3)26)15-25(23(24)27)11-12-28-16-18-9-7-6-8-10-18/h6-10,13-14,17,26H,4-5,11-12,15-16H2,1-3H3,(H2,24,27). The summed E-state index contributed by atoms with van der Waals surface area (Å²) in [5, 5.41) is 10.2. The molecule has 7 nitrogen and oxygen atoms in total. The van der Waals surface area contributed by atoms with Crippen LogP contribution in [0, 0.1) is 0 Å². The van der Waals surface area contributed by atoms with Crippen LogP contribution in [0.2, 0.25) is 0 Å². The zero-order valence-electron chi connectivity index (χ0n) is 18.0. The summed E-state index contributed by atoms with van der Waals surface area (Å²) < 4.78 is 17.1. The van der Waals surface area contributed by atoms with E-state index in [2.05, 4.69) is 0 Å². The molecule has 0 aliphatic rings. The summed E-state index contributed by atoms with van der Waals surface area (Å²) in [4.78, 5) is 13.5. The van der Waals surface area contributed by atoms with Crippen LogP contribution in [-0.2, 0) is 17.9 Å². The Balaban J connectivity index is 2.10. The van der Waals surface area contributed by atoms with Crippen LogP contribution in [0.5, 0.6) is 11.5 Å². The van der Waals surface area contributed by atoms with E-state index in [4.69, 9.17) is 19.9 Å². The van der Waals surface area contributed by atoms with Gasteiger partial charge >= 0.3 is 6.03 Å². The average Bonchev–Trinajstić information content (AvgIpc) is 2.71. The van der Waals surface area contributed by atoms with Gasteiger partial charge in [-0.3, -0.25) is 0 Å². The topological polar surface area (TPSA) is 94.2 Å². The molecule has 1 atom stereocenters. The van der Waals surface area contributed by atoms with Gasteiger partial charge in [-0.15, -0.1) is 0 Å². The molecule has 0 aliphatic heterocycles. The Labute approximate surface area is 178 Å². The normalized spacial score (nSPS) is 11.7. The number of nitrogens with two attached hydrogens (primary N) is 1. The van der Waals surface area contributed by atoms with Crippen molar-refractivity contribution in [1.29, 1.82) is 0 Å². The van der Waals surface area contributed by atoms with Gasteiger partial charge < -0.3 is 30.0 Å². The fourth-order valence-corrected chi connectivity index (χ4v) is 3.13.